The van der Waals surface area contributed by atoms with Crippen molar-refractivity contribution in [1.82, 2.24) is 0 Å². The molecule has 0 fully saturated rings. The van der Waals surface area contributed by atoms with Gasteiger partial charge in [-0.15, -0.1) is 0 Å². The van der Waals surface area contributed by atoms with Gasteiger partial charge in [-0.2, -0.15) is 13.2 Å². The summed E-state index contributed by atoms with van der Waals surface area (Å²) in [5, 5.41) is 8.57. The smallest absolute Gasteiger partial charge is 0.389 e. The monoisotopic (exact) mass is 368 g/mol. The molecule has 152 valence electrons. The molecule has 0 aromatic carbocycles. The third-order valence-corrected chi connectivity index (χ3v) is 4.48. The number of hydrogen-bond donors (Lipinski definition) is 1. The largest absolute Gasteiger partial charge is 0.394 e. The molecule has 2 nitrogen and oxygen atoms in total. The number of aliphatic hydroxyl groups excluding tert-OH is 1. The first-order valence-corrected chi connectivity index (χ1v) is 10.3. The van der Waals surface area contributed by atoms with Gasteiger partial charge in [0.2, 0.25) is 0 Å². The minimum atomic E-state index is -3.98. The standard InChI is InChI=1S/C20H39F3O2/c21-20(22,23)16-14-12-10-8-6-4-2-1-3-5-7-9-11-13-15-18-25-19-17-24/h24H,1-19H2. The van der Waals surface area contributed by atoms with Gasteiger partial charge in [-0.05, 0) is 12.8 Å². The van der Waals surface area contributed by atoms with Crippen molar-refractivity contribution in [3.8, 4) is 0 Å². The fourth-order valence-electron chi connectivity index (χ4n) is 2.99. The van der Waals surface area contributed by atoms with Gasteiger partial charge in [-0.25, -0.2) is 0 Å². The van der Waals surface area contributed by atoms with Crippen LogP contribution < -0.4 is 0 Å². The van der Waals surface area contributed by atoms with Crippen molar-refractivity contribution in [3.63, 3.8) is 0 Å². The molecule has 0 aliphatic carbocycles. The number of halogens is 3. The third-order valence-electron chi connectivity index (χ3n) is 4.48. The Labute approximate surface area is 152 Å². The highest BCUT2D eigenvalue weighted by molar-refractivity contribution is 4.53. The predicted molar refractivity (Wildman–Crippen MR) is 97.8 cm³/mol. The molecule has 0 bridgehead atoms. The third kappa shape index (κ3) is 23.7. The summed E-state index contributed by atoms with van der Waals surface area (Å²) in [6, 6.07) is 0. The lowest BCUT2D eigenvalue weighted by molar-refractivity contribution is -0.135. The first kappa shape index (κ1) is 24.7. The van der Waals surface area contributed by atoms with Crippen molar-refractivity contribution in [1.29, 1.82) is 0 Å². The molecule has 0 radical (unpaired) electrons. The minimum absolute atomic E-state index is 0.113. The first-order chi connectivity index (χ1) is 12.1. The van der Waals surface area contributed by atoms with Crippen LogP contribution in [-0.4, -0.2) is 31.1 Å². The molecule has 0 aliphatic rings. The first-order valence-electron chi connectivity index (χ1n) is 10.3. The summed E-state index contributed by atoms with van der Waals surface area (Å²) in [4.78, 5) is 0. The summed E-state index contributed by atoms with van der Waals surface area (Å²) < 4.78 is 41.1. The van der Waals surface area contributed by atoms with Gasteiger partial charge in [0.05, 0.1) is 13.2 Å². The molecule has 0 saturated carbocycles. The molecule has 0 atom stereocenters. The van der Waals surface area contributed by atoms with Gasteiger partial charge < -0.3 is 9.84 Å². The van der Waals surface area contributed by atoms with E-state index in [2.05, 4.69) is 0 Å². The second-order valence-corrected chi connectivity index (χ2v) is 7.00. The average Bonchev–Trinajstić information content (AvgIpc) is 2.56. The quantitative estimate of drug-likeness (QED) is 0.254. The molecule has 0 unspecified atom stereocenters. The maximum Gasteiger partial charge on any atom is 0.389 e. The molecule has 25 heavy (non-hydrogen) atoms. The minimum Gasteiger partial charge on any atom is -0.394 e. The van der Waals surface area contributed by atoms with E-state index in [1.807, 2.05) is 0 Å². The van der Waals surface area contributed by atoms with Gasteiger partial charge in [-0.3, -0.25) is 0 Å². The number of ether oxygens (including phenoxy) is 1. The summed E-state index contributed by atoms with van der Waals surface area (Å²) >= 11 is 0. The van der Waals surface area contributed by atoms with Gasteiger partial charge in [-0.1, -0.05) is 83.5 Å². The lowest BCUT2D eigenvalue weighted by Gasteiger charge is -2.06. The molecule has 0 spiro atoms. The van der Waals surface area contributed by atoms with E-state index >= 15 is 0 Å². The fourth-order valence-corrected chi connectivity index (χ4v) is 2.99. The zero-order chi connectivity index (χ0) is 18.6. The maximum atomic E-state index is 12.0. The summed E-state index contributed by atoms with van der Waals surface area (Å²) in [5.41, 5.74) is 0. The zero-order valence-electron chi connectivity index (χ0n) is 15.9. The van der Waals surface area contributed by atoms with Crippen LogP contribution in [0, 0.1) is 0 Å². The second kappa shape index (κ2) is 18.5. The molecular formula is C20H39F3O2. The van der Waals surface area contributed by atoms with E-state index in [4.69, 9.17) is 9.84 Å². The zero-order valence-corrected chi connectivity index (χ0v) is 15.9. The summed E-state index contributed by atoms with van der Waals surface area (Å²) in [6.45, 7) is 1.34. The van der Waals surface area contributed by atoms with Crippen molar-refractivity contribution in [2.45, 2.75) is 109 Å². The number of hydrogen-bond acceptors (Lipinski definition) is 2. The Morgan fingerprint density at radius 1 is 0.520 bits per heavy atom. The molecule has 0 heterocycles. The Hall–Kier alpha value is -0.290. The van der Waals surface area contributed by atoms with Crippen LogP contribution in [0.2, 0.25) is 0 Å². The summed E-state index contributed by atoms with van der Waals surface area (Å²) in [6.07, 6.45) is 12.2. The van der Waals surface area contributed by atoms with Crippen LogP contribution in [0.5, 0.6) is 0 Å². The number of aliphatic hydroxyl groups is 1. The van der Waals surface area contributed by atoms with Gasteiger partial charge in [0.15, 0.2) is 0 Å². The Morgan fingerprint density at radius 3 is 1.24 bits per heavy atom. The number of rotatable bonds is 19. The number of unbranched alkanes of at least 4 members (excludes halogenated alkanes) is 14. The van der Waals surface area contributed by atoms with E-state index in [1.54, 1.807) is 0 Å². The van der Waals surface area contributed by atoms with Crippen LogP contribution >= 0.6 is 0 Å². The molecular weight excluding hydrogens is 329 g/mol. The highest BCUT2D eigenvalue weighted by Gasteiger charge is 2.25. The molecule has 0 saturated heterocycles. The van der Waals surface area contributed by atoms with E-state index in [-0.39, 0.29) is 6.61 Å². The molecule has 0 aromatic heterocycles. The van der Waals surface area contributed by atoms with E-state index in [1.165, 1.54) is 64.2 Å². The summed E-state index contributed by atoms with van der Waals surface area (Å²) in [5.74, 6) is 0. The number of alkyl halides is 3. The van der Waals surface area contributed by atoms with Crippen LogP contribution in [0.1, 0.15) is 103 Å². The van der Waals surface area contributed by atoms with E-state index in [9.17, 15) is 13.2 Å². The van der Waals surface area contributed by atoms with E-state index < -0.39 is 12.6 Å². The van der Waals surface area contributed by atoms with Crippen LogP contribution in [0.4, 0.5) is 13.2 Å². The maximum absolute atomic E-state index is 12.0. The van der Waals surface area contributed by atoms with Crippen LogP contribution in [0.3, 0.4) is 0 Å². The highest BCUT2D eigenvalue weighted by atomic mass is 19.4. The van der Waals surface area contributed by atoms with Gasteiger partial charge >= 0.3 is 6.18 Å². The Morgan fingerprint density at radius 2 is 0.880 bits per heavy atom. The molecule has 5 heteroatoms. The van der Waals surface area contributed by atoms with Crippen molar-refractivity contribution in [2.75, 3.05) is 19.8 Å². The second-order valence-electron chi connectivity index (χ2n) is 7.00. The molecule has 0 amide bonds. The molecule has 1 N–H and O–H groups in total. The van der Waals surface area contributed by atoms with Crippen LogP contribution in [-0.2, 0) is 4.74 Å². The van der Waals surface area contributed by atoms with Crippen molar-refractivity contribution < 1.29 is 23.0 Å². The SMILES string of the molecule is OCCOCCCCCCCCCCCCCCCCCC(F)(F)F. The van der Waals surface area contributed by atoms with Crippen molar-refractivity contribution in [3.05, 3.63) is 0 Å². The fraction of sp³-hybridized carbons (Fsp3) is 1.00. The van der Waals surface area contributed by atoms with E-state index in [0.717, 1.165) is 25.9 Å². The molecule has 0 aromatic rings. The normalized spacial score (nSPS) is 12.0. The lowest BCUT2D eigenvalue weighted by atomic mass is 10.0. The van der Waals surface area contributed by atoms with Gasteiger partial charge in [0, 0.05) is 13.0 Å². The summed E-state index contributed by atoms with van der Waals surface area (Å²) in [7, 11) is 0. The van der Waals surface area contributed by atoms with Crippen molar-refractivity contribution in [2.24, 2.45) is 0 Å². The topological polar surface area (TPSA) is 29.5 Å². The van der Waals surface area contributed by atoms with Crippen LogP contribution in [0.15, 0.2) is 0 Å². The Bertz CT molecular complexity index is 258. The van der Waals surface area contributed by atoms with Crippen LogP contribution in [0.25, 0.3) is 0 Å². The van der Waals surface area contributed by atoms with Gasteiger partial charge in [0.1, 0.15) is 0 Å². The molecule has 0 aliphatic heterocycles. The van der Waals surface area contributed by atoms with Crippen molar-refractivity contribution >= 4 is 0 Å². The van der Waals surface area contributed by atoms with E-state index in [0.29, 0.717) is 19.4 Å². The Kier molecular flexibility index (Phi) is 18.3. The highest BCUT2D eigenvalue weighted by Crippen LogP contribution is 2.23. The predicted octanol–water partition coefficient (Wildman–Crippen LogP) is 6.80. The molecule has 0 rings (SSSR count). The lowest BCUT2D eigenvalue weighted by Crippen LogP contribution is -2.06. The Balaban J connectivity index is 3.01. The van der Waals surface area contributed by atoms with Gasteiger partial charge in [0.25, 0.3) is 0 Å². The average molecular weight is 369 g/mol.